The Bertz CT molecular complexity index is 675. The highest BCUT2D eigenvalue weighted by molar-refractivity contribution is 7.93. The number of anilines is 1. The fourth-order valence-corrected chi connectivity index (χ4v) is 4.55. The van der Waals surface area contributed by atoms with Gasteiger partial charge in [-0.2, -0.15) is 0 Å². The van der Waals surface area contributed by atoms with Crippen molar-refractivity contribution in [3.05, 3.63) is 46.2 Å². The summed E-state index contributed by atoms with van der Waals surface area (Å²) < 4.78 is 26.8. The zero-order valence-corrected chi connectivity index (χ0v) is 13.2. The lowest BCUT2D eigenvalue weighted by atomic mass is 10.2. The molecule has 2 N–H and O–H groups in total. The van der Waals surface area contributed by atoms with E-state index in [1.165, 1.54) is 15.6 Å². The monoisotopic (exact) mass is 310 g/mol. The maximum atomic E-state index is 12.7. The molecule has 6 heteroatoms. The molecular formula is C14H18N2O2S2. The van der Waals surface area contributed by atoms with Gasteiger partial charge in [-0.05, 0) is 32.0 Å². The van der Waals surface area contributed by atoms with Crippen LogP contribution in [0.5, 0.6) is 0 Å². The summed E-state index contributed by atoms with van der Waals surface area (Å²) >= 11 is 1.37. The zero-order valence-electron chi connectivity index (χ0n) is 11.5. The quantitative estimate of drug-likeness (QED) is 0.923. The minimum Gasteiger partial charge on any atom is -0.326 e. The maximum absolute atomic E-state index is 12.7. The molecular weight excluding hydrogens is 292 g/mol. The molecule has 1 aromatic heterocycles. The Hall–Kier alpha value is -1.37. The fraction of sp³-hybridized carbons (Fsp3) is 0.286. The molecule has 0 aliphatic rings. The van der Waals surface area contributed by atoms with Crippen LogP contribution in [0.2, 0.25) is 0 Å². The molecule has 4 nitrogen and oxygen atoms in total. The number of sulfonamides is 1. The van der Waals surface area contributed by atoms with E-state index < -0.39 is 10.0 Å². The minimum atomic E-state index is -3.52. The summed E-state index contributed by atoms with van der Waals surface area (Å²) in [6.07, 6.45) is 0. The Labute approximate surface area is 123 Å². The lowest BCUT2D eigenvalue weighted by molar-refractivity contribution is 0.592. The van der Waals surface area contributed by atoms with Gasteiger partial charge in [-0.25, -0.2) is 8.42 Å². The number of benzene rings is 1. The summed E-state index contributed by atoms with van der Waals surface area (Å²) in [7, 11) is -3.52. The number of rotatable bonds is 5. The van der Waals surface area contributed by atoms with Crippen LogP contribution in [0.3, 0.4) is 0 Å². The Balaban J connectivity index is 2.41. The van der Waals surface area contributed by atoms with Crippen molar-refractivity contribution < 1.29 is 8.42 Å². The van der Waals surface area contributed by atoms with E-state index in [9.17, 15) is 8.42 Å². The number of nitrogens with two attached hydrogens (primary N) is 1. The van der Waals surface area contributed by atoms with Gasteiger partial charge < -0.3 is 5.73 Å². The second-order valence-electron chi connectivity index (χ2n) is 4.46. The Kier molecular flexibility index (Phi) is 4.47. The van der Waals surface area contributed by atoms with Gasteiger partial charge in [0.1, 0.15) is 0 Å². The van der Waals surface area contributed by atoms with E-state index in [1.807, 2.05) is 38.1 Å². The van der Waals surface area contributed by atoms with Gasteiger partial charge in [0.05, 0.1) is 10.6 Å². The van der Waals surface area contributed by atoms with Gasteiger partial charge >= 0.3 is 0 Å². The molecule has 0 aliphatic carbocycles. The van der Waals surface area contributed by atoms with Gasteiger partial charge in [-0.15, -0.1) is 11.3 Å². The van der Waals surface area contributed by atoms with E-state index in [-0.39, 0.29) is 0 Å². The molecule has 2 rings (SSSR count). The van der Waals surface area contributed by atoms with Crippen LogP contribution in [0.1, 0.15) is 17.4 Å². The van der Waals surface area contributed by atoms with Crippen LogP contribution in [0.25, 0.3) is 0 Å². The molecule has 0 saturated carbocycles. The van der Waals surface area contributed by atoms with Crippen molar-refractivity contribution in [2.45, 2.75) is 25.3 Å². The highest BCUT2D eigenvalue weighted by Gasteiger charge is 2.24. The molecule has 0 aliphatic heterocycles. The second kappa shape index (κ2) is 5.95. The Morgan fingerprint density at radius 1 is 1.25 bits per heavy atom. The van der Waals surface area contributed by atoms with E-state index in [4.69, 9.17) is 5.73 Å². The highest BCUT2D eigenvalue weighted by atomic mass is 32.2. The average molecular weight is 310 g/mol. The first-order chi connectivity index (χ1) is 9.48. The van der Waals surface area contributed by atoms with E-state index >= 15 is 0 Å². The molecule has 108 valence electrons. The summed E-state index contributed by atoms with van der Waals surface area (Å²) in [5, 5.41) is 1.65. The van der Waals surface area contributed by atoms with Crippen LogP contribution in [-0.2, 0) is 16.6 Å². The zero-order chi connectivity index (χ0) is 14.8. The van der Waals surface area contributed by atoms with Crippen LogP contribution in [0.4, 0.5) is 5.69 Å². The van der Waals surface area contributed by atoms with E-state index in [2.05, 4.69) is 0 Å². The van der Waals surface area contributed by atoms with Crippen molar-refractivity contribution in [2.75, 3.05) is 10.8 Å². The first-order valence-electron chi connectivity index (χ1n) is 6.36. The lowest BCUT2D eigenvalue weighted by Gasteiger charge is -2.22. The molecule has 20 heavy (non-hydrogen) atoms. The average Bonchev–Trinajstić information content (AvgIpc) is 2.91. The summed E-state index contributed by atoms with van der Waals surface area (Å²) in [6, 6.07) is 9.12. The van der Waals surface area contributed by atoms with Gasteiger partial charge in [0.25, 0.3) is 10.0 Å². The van der Waals surface area contributed by atoms with Crippen molar-refractivity contribution in [1.82, 2.24) is 0 Å². The van der Waals surface area contributed by atoms with Crippen molar-refractivity contribution >= 4 is 27.0 Å². The van der Waals surface area contributed by atoms with E-state index in [1.54, 1.807) is 11.4 Å². The highest BCUT2D eigenvalue weighted by Crippen LogP contribution is 2.26. The van der Waals surface area contributed by atoms with Gasteiger partial charge in [0.15, 0.2) is 0 Å². The predicted molar refractivity (Wildman–Crippen MR) is 83.6 cm³/mol. The summed E-state index contributed by atoms with van der Waals surface area (Å²) in [6.45, 7) is 4.55. The van der Waals surface area contributed by atoms with Gasteiger partial charge in [0, 0.05) is 23.3 Å². The molecule has 0 saturated heterocycles. The molecule has 0 radical (unpaired) electrons. The molecule has 0 amide bonds. The molecule has 1 heterocycles. The fourth-order valence-electron chi connectivity index (χ4n) is 1.93. The number of aryl methyl sites for hydroxylation is 1. The van der Waals surface area contributed by atoms with Gasteiger partial charge in [-0.1, -0.05) is 17.7 Å². The number of hydrogen-bond acceptors (Lipinski definition) is 4. The normalized spacial score (nSPS) is 11.6. The van der Waals surface area contributed by atoms with Crippen LogP contribution >= 0.6 is 11.3 Å². The van der Waals surface area contributed by atoms with E-state index in [0.717, 1.165) is 10.4 Å². The van der Waals surface area contributed by atoms with Crippen molar-refractivity contribution in [2.24, 2.45) is 5.73 Å². The third-order valence-corrected chi connectivity index (χ3v) is 6.02. The van der Waals surface area contributed by atoms with Gasteiger partial charge in [0.2, 0.25) is 0 Å². The Morgan fingerprint density at radius 2 is 1.90 bits per heavy atom. The predicted octanol–water partition coefficient (Wildman–Crippen LogP) is 2.73. The third kappa shape index (κ3) is 2.87. The topological polar surface area (TPSA) is 63.4 Å². The van der Waals surface area contributed by atoms with Crippen LogP contribution < -0.4 is 10.0 Å². The van der Waals surface area contributed by atoms with Crippen molar-refractivity contribution in [3.63, 3.8) is 0 Å². The summed E-state index contributed by atoms with van der Waals surface area (Å²) in [4.78, 5) is 1.17. The molecule has 2 aromatic rings. The van der Waals surface area contributed by atoms with E-state index in [0.29, 0.717) is 23.7 Å². The smallest absolute Gasteiger partial charge is 0.265 e. The summed E-state index contributed by atoms with van der Waals surface area (Å²) in [5.74, 6) is 0. The molecule has 1 aromatic carbocycles. The van der Waals surface area contributed by atoms with Crippen molar-refractivity contribution in [3.8, 4) is 0 Å². The SMILES string of the molecule is CCN(c1ccc(C)cc1)S(=O)(=O)c1csc(CN)c1. The number of nitrogens with zero attached hydrogens (tertiary/aromatic N) is 1. The van der Waals surface area contributed by atoms with Gasteiger partial charge in [-0.3, -0.25) is 4.31 Å². The van der Waals surface area contributed by atoms with Crippen LogP contribution in [0, 0.1) is 6.92 Å². The maximum Gasteiger partial charge on any atom is 0.265 e. The molecule has 0 bridgehead atoms. The number of thiophene rings is 1. The van der Waals surface area contributed by atoms with Crippen LogP contribution in [-0.4, -0.2) is 15.0 Å². The number of hydrogen-bond donors (Lipinski definition) is 1. The molecule has 0 spiro atoms. The third-order valence-electron chi connectivity index (χ3n) is 3.03. The largest absolute Gasteiger partial charge is 0.326 e. The molecule has 0 unspecified atom stereocenters. The first kappa shape index (κ1) is 15.0. The lowest BCUT2D eigenvalue weighted by Crippen LogP contribution is -2.30. The first-order valence-corrected chi connectivity index (χ1v) is 8.68. The molecule has 0 atom stereocenters. The standard InChI is InChI=1S/C14H18N2O2S2/c1-3-16(12-6-4-11(2)5-7-12)20(17,18)14-8-13(9-15)19-10-14/h4-8,10H,3,9,15H2,1-2H3. The van der Waals surface area contributed by atoms with Crippen LogP contribution in [0.15, 0.2) is 40.6 Å². The summed E-state index contributed by atoms with van der Waals surface area (Å²) in [5.41, 5.74) is 7.32. The minimum absolute atomic E-state index is 0.311. The second-order valence-corrected chi connectivity index (χ2v) is 7.32. The Morgan fingerprint density at radius 3 is 2.40 bits per heavy atom. The molecule has 0 fully saturated rings. The van der Waals surface area contributed by atoms with Crippen molar-refractivity contribution in [1.29, 1.82) is 0 Å².